The molecule has 0 amide bonds. The van der Waals surface area contributed by atoms with E-state index in [4.69, 9.17) is 0 Å². The summed E-state index contributed by atoms with van der Waals surface area (Å²) in [5.41, 5.74) is 15.5. The number of unbranched alkanes of at least 4 members (excludes halogenated alkanes) is 1. The van der Waals surface area contributed by atoms with Crippen LogP contribution in [0.5, 0.6) is 0 Å². The number of aromatic nitrogens is 1. The van der Waals surface area contributed by atoms with E-state index in [-0.39, 0.29) is 0 Å². The average molecular weight is 622 g/mol. The smallest absolute Gasteiger partial charge is 0.0623 e. The number of aryl methyl sites for hydroxylation is 3. The SMILES string of the molecule is C=C(/C=C\C=C/CCC)c1c(C)cccc1-c1ccc2c3c(n4c5ccccc5c1c24)CCC=C3.Cc1cccc(-c2ccccc2)c1. The minimum Gasteiger partial charge on any atom is -0.312 e. The molecule has 0 fully saturated rings. The summed E-state index contributed by atoms with van der Waals surface area (Å²) in [5, 5.41) is 4.05. The Morgan fingerprint density at radius 3 is 2.40 bits per heavy atom. The zero-order valence-electron chi connectivity index (χ0n) is 28.3. The van der Waals surface area contributed by atoms with Gasteiger partial charge >= 0.3 is 0 Å². The minimum absolute atomic E-state index is 1.05. The van der Waals surface area contributed by atoms with Crippen molar-refractivity contribution < 1.29 is 0 Å². The largest absolute Gasteiger partial charge is 0.312 e. The Morgan fingerprint density at radius 1 is 0.771 bits per heavy atom. The summed E-state index contributed by atoms with van der Waals surface area (Å²) in [6.07, 6.45) is 17.7. The maximum atomic E-state index is 4.48. The standard InChI is InChI=1S/C34H31N.C13H12/c1-4-5-6-7-8-14-23(2)32-24(3)15-13-18-26(32)27-21-22-28-25-16-9-11-19-30(25)35-31-20-12-10-17-29(31)33(27)34(28)35;1-11-6-5-9-13(10-11)12-7-3-2-4-8-12/h6-10,12-18,20-22H,2,4-5,11,19H2,1,3H3;2-10H,1H3/b7-6-,14-8-;. The monoisotopic (exact) mass is 621 g/mol. The van der Waals surface area contributed by atoms with Crippen LogP contribution in [-0.4, -0.2) is 4.40 Å². The fourth-order valence-corrected chi connectivity index (χ4v) is 7.32. The minimum atomic E-state index is 1.05. The van der Waals surface area contributed by atoms with E-state index in [1.165, 1.54) is 83.8 Å². The van der Waals surface area contributed by atoms with E-state index in [1.807, 2.05) is 6.07 Å². The molecule has 1 aliphatic rings. The van der Waals surface area contributed by atoms with Crippen LogP contribution in [0.15, 0.2) is 146 Å². The summed E-state index contributed by atoms with van der Waals surface area (Å²) < 4.78 is 2.53. The van der Waals surface area contributed by atoms with E-state index in [0.717, 1.165) is 24.8 Å². The summed E-state index contributed by atoms with van der Waals surface area (Å²) in [5.74, 6) is 0. The van der Waals surface area contributed by atoms with Gasteiger partial charge in [-0.1, -0.05) is 165 Å². The van der Waals surface area contributed by atoms with Crippen molar-refractivity contribution in [2.45, 2.75) is 46.5 Å². The maximum absolute atomic E-state index is 4.48. The number of fused-ring (bicyclic) bond motifs is 6. The van der Waals surface area contributed by atoms with Crippen LogP contribution in [0.1, 0.15) is 54.1 Å². The van der Waals surface area contributed by atoms with Gasteiger partial charge in [0.25, 0.3) is 0 Å². The first-order valence-corrected chi connectivity index (χ1v) is 17.3. The molecule has 0 spiro atoms. The van der Waals surface area contributed by atoms with E-state index < -0.39 is 0 Å². The van der Waals surface area contributed by atoms with Crippen LogP contribution in [-0.2, 0) is 6.42 Å². The van der Waals surface area contributed by atoms with Crippen LogP contribution in [0.25, 0.3) is 61.1 Å². The normalized spacial score (nSPS) is 12.7. The molecule has 1 heteroatoms. The molecule has 2 aromatic heterocycles. The van der Waals surface area contributed by atoms with Gasteiger partial charge in [-0.15, -0.1) is 0 Å². The van der Waals surface area contributed by atoms with Crippen molar-refractivity contribution in [2.24, 2.45) is 0 Å². The van der Waals surface area contributed by atoms with E-state index in [9.17, 15) is 0 Å². The maximum Gasteiger partial charge on any atom is 0.0623 e. The molecule has 5 aromatic carbocycles. The van der Waals surface area contributed by atoms with Crippen molar-refractivity contribution in [3.63, 3.8) is 0 Å². The molecule has 0 radical (unpaired) electrons. The molecular formula is C47H43N. The summed E-state index contributed by atoms with van der Waals surface area (Å²) in [6, 6.07) is 39.2. The summed E-state index contributed by atoms with van der Waals surface area (Å²) >= 11 is 0. The third kappa shape index (κ3) is 5.82. The molecule has 0 aliphatic heterocycles. The van der Waals surface area contributed by atoms with Gasteiger partial charge in [0.2, 0.25) is 0 Å². The van der Waals surface area contributed by atoms with E-state index in [2.05, 4.69) is 171 Å². The van der Waals surface area contributed by atoms with Crippen molar-refractivity contribution in [2.75, 3.05) is 0 Å². The lowest BCUT2D eigenvalue weighted by Gasteiger charge is -2.15. The molecule has 7 aromatic rings. The van der Waals surface area contributed by atoms with Gasteiger partial charge in [0.15, 0.2) is 0 Å². The summed E-state index contributed by atoms with van der Waals surface area (Å²) in [7, 11) is 0. The molecule has 0 unspecified atom stereocenters. The van der Waals surface area contributed by atoms with Gasteiger partial charge in [0.1, 0.15) is 0 Å². The molecule has 0 saturated heterocycles. The zero-order chi connectivity index (χ0) is 33.0. The van der Waals surface area contributed by atoms with Crippen LogP contribution in [0.3, 0.4) is 0 Å². The summed E-state index contributed by atoms with van der Waals surface area (Å²) in [6.45, 7) is 11.0. The van der Waals surface area contributed by atoms with Crippen molar-refractivity contribution in [3.8, 4) is 22.3 Å². The Kier molecular flexibility index (Phi) is 8.95. The average Bonchev–Trinajstić information content (AvgIpc) is 3.65. The molecule has 0 saturated carbocycles. The van der Waals surface area contributed by atoms with Gasteiger partial charge in [0.05, 0.1) is 11.0 Å². The summed E-state index contributed by atoms with van der Waals surface area (Å²) in [4.78, 5) is 0. The lowest BCUT2D eigenvalue weighted by molar-refractivity contribution is 0.926. The number of hydrogen-bond acceptors (Lipinski definition) is 0. The van der Waals surface area contributed by atoms with Crippen LogP contribution >= 0.6 is 0 Å². The van der Waals surface area contributed by atoms with Crippen LogP contribution in [0.2, 0.25) is 0 Å². The predicted octanol–water partition coefficient (Wildman–Crippen LogP) is 13.2. The third-order valence-corrected chi connectivity index (χ3v) is 9.53. The van der Waals surface area contributed by atoms with E-state index >= 15 is 0 Å². The fraction of sp³-hybridized carbons (Fsp3) is 0.149. The van der Waals surface area contributed by atoms with Crippen LogP contribution < -0.4 is 0 Å². The molecular weight excluding hydrogens is 579 g/mol. The molecule has 2 heterocycles. The Balaban J connectivity index is 0.000000235. The number of benzene rings is 5. The van der Waals surface area contributed by atoms with Crippen LogP contribution in [0.4, 0.5) is 0 Å². The van der Waals surface area contributed by atoms with Gasteiger partial charge in [-0.3, -0.25) is 0 Å². The molecule has 236 valence electrons. The first-order valence-electron chi connectivity index (χ1n) is 17.3. The number of rotatable bonds is 7. The molecule has 8 rings (SSSR count). The van der Waals surface area contributed by atoms with E-state index in [0.29, 0.717) is 0 Å². The van der Waals surface area contributed by atoms with Gasteiger partial charge in [0, 0.05) is 27.4 Å². The number of allylic oxidation sites excluding steroid dienone is 6. The van der Waals surface area contributed by atoms with Crippen molar-refractivity contribution in [1.82, 2.24) is 4.40 Å². The topological polar surface area (TPSA) is 4.41 Å². The second-order valence-corrected chi connectivity index (χ2v) is 12.9. The zero-order valence-corrected chi connectivity index (χ0v) is 28.3. The molecule has 0 bridgehead atoms. The van der Waals surface area contributed by atoms with Gasteiger partial charge < -0.3 is 4.40 Å². The molecule has 48 heavy (non-hydrogen) atoms. The van der Waals surface area contributed by atoms with Gasteiger partial charge in [-0.05, 0) is 78.1 Å². The molecule has 0 atom stereocenters. The highest BCUT2D eigenvalue weighted by Gasteiger charge is 2.24. The van der Waals surface area contributed by atoms with Crippen molar-refractivity contribution in [3.05, 3.63) is 174 Å². The van der Waals surface area contributed by atoms with Gasteiger partial charge in [-0.25, -0.2) is 0 Å². The third-order valence-electron chi connectivity index (χ3n) is 9.53. The number of hydrogen-bond donors (Lipinski definition) is 0. The first kappa shape index (κ1) is 31.2. The highest BCUT2D eigenvalue weighted by Crippen LogP contribution is 2.45. The predicted molar refractivity (Wildman–Crippen MR) is 210 cm³/mol. The second kappa shape index (κ2) is 13.8. The Hall–Kier alpha value is -5.40. The second-order valence-electron chi connectivity index (χ2n) is 12.9. The highest BCUT2D eigenvalue weighted by molar-refractivity contribution is 6.22. The molecule has 1 aliphatic carbocycles. The molecule has 1 nitrogen and oxygen atoms in total. The van der Waals surface area contributed by atoms with Crippen LogP contribution in [0, 0.1) is 13.8 Å². The molecule has 0 N–H and O–H groups in total. The number of para-hydroxylation sites is 1. The lowest BCUT2D eigenvalue weighted by Crippen LogP contribution is -1.96. The Morgan fingerprint density at radius 2 is 1.56 bits per heavy atom. The fourth-order valence-electron chi connectivity index (χ4n) is 7.32. The number of nitrogens with zero attached hydrogens (tertiary/aromatic N) is 1. The quantitative estimate of drug-likeness (QED) is 0.156. The Labute approximate surface area is 285 Å². The van der Waals surface area contributed by atoms with Gasteiger partial charge in [-0.2, -0.15) is 0 Å². The van der Waals surface area contributed by atoms with Crippen molar-refractivity contribution in [1.29, 1.82) is 0 Å². The van der Waals surface area contributed by atoms with Crippen molar-refractivity contribution >= 4 is 38.8 Å². The first-order chi connectivity index (χ1) is 23.6. The Bertz CT molecular complexity index is 2320. The highest BCUT2D eigenvalue weighted by atomic mass is 14.9. The lowest BCUT2D eigenvalue weighted by atomic mass is 9.88. The van der Waals surface area contributed by atoms with E-state index in [1.54, 1.807) is 0 Å².